The normalized spacial score (nSPS) is 23.4. The monoisotopic (exact) mass is 228 g/mol. The van der Waals surface area contributed by atoms with Gasteiger partial charge in [0, 0.05) is 32.7 Å². The van der Waals surface area contributed by atoms with E-state index in [9.17, 15) is 0 Å². The highest BCUT2D eigenvalue weighted by atomic mass is 16.7. The molecule has 2 rings (SSSR count). The molecule has 0 atom stereocenters. The van der Waals surface area contributed by atoms with Gasteiger partial charge in [-0.2, -0.15) is 0 Å². The lowest BCUT2D eigenvalue weighted by atomic mass is 10.3. The molecular formula is C12H24N2O2. The molecule has 0 unspecified atom stereocenters. The number of piperazine rings is 1. The smallest absolute Gasteiger partial charge is 0.170 e. The summed E-state index contributed by atoms with van der Waals surface area (Å²) in [5, 5.41) is 3.32. The summed E-state index contributed by atoms with van der Waals surface area (Å²) < 4.78 is 10.7. The molecular weight excluding hydrogens is 204 g/mol. The molecule has 1 N–H and O–H groups in total. The molecule has 16 heavy (non-hydrogen) atoms. The van der Waals surface area contributed by atoms with E-state index in [0.29, 0.717) is 0 Å². The Morgan fingerprint density at radius 1 is 1.12 bits per heavy atom. The van der Waals surface area contributed by atoms with E-state index in [1.807, 2.05) is 26.0 Å². The Morgan fingerprint density at radius 2 is 1.69 bits per heavy atom. The van der Waals surface area contributed by atoms with Crippen LogP contribution in [0.1, 0.15) is 13.8 Å². The highest BCUT2D eigenvalue weighted by Gasteiger charge is 2.20. The van der Waals surface area contributed by atoms with E-state index in [2.05, 4.69) is 10.2 Å². The van der Waals surface area contributed by atoms with Crippen LogP contribution in [0.5, 0.6) is 0 Å². The first kappa shape index (κ1) is 13.6. The minimum Gasteiger partial charge on any atom is -0.349 e. The Hall–Kier alpha value is -0.420. The fourth-order valence-corrected chi connectivity index (χ4v) is 1.62. The van der Waals surface area contributed by atoms with Crippen LogP contribution >= 0.6 is 0 Å². The Balaban J connectivity index is 0.000000280. The van der Waals surface area contributed by atoms with Gasteiger partial charge in [-0.25, -0.2) is 0 Å². The largest absolute Gasteiger partial charge is 0.349 e. The molecule has 2 saturated heterocycles. The van der Waals surface area contributed by atoms with Crippen molar-refractivity contribution < 1.29 is 9.47 Å². The molecule has 2 fully saturated rings. The lowest BCUT2D eigenvalue weighted by molar-refractivity contribution is -0.0632. The highest BCUT2D eigenvalue weighted by molar-refractivity contribution is 4.69. The minimum absolute atomic E-state index is 0.0306. The predicted molar refractivity (Wildman–Crippen MR) is 65.5 cm³/mol. The van der Waals surface area contributed by atoms with Crippen LogP contribution in [-0.4, -0.2) is 57.1 Å². The summed E-state index contributed by atoms with van der Waals surface area (Å²) in [4.78, 5) is 2.38. The summed E-state index contributed by atoms with van der Waals surface area (Å²) in [6, 6.07) is 0. The third-order valence-electron chi connectivity index (χ3n) is 2.64. The first-order valence-corrected chi connectivity index (χ1v) is 6.10. The third kappa shape index (κ3) is 5.61. The highest BCUT2D eigenvalue weighted by Crippen LogP contribution is 2.06. The average molecular weight is 228 g/mol. The quantitative estimate of drug-likeness (QED) is 0.710. The molecule has 0 radical (unpaired) electrons. The van der Waals surface area contributed by atoms with E-state index < -0.39 is 0 Å². The van der Waals surface area contributed by atoms with Crippen molar-refractivity contribution in [2.75, 3.05) is 45.9 Å². The van der Waals surface area contributed by atoms with Crippen LogP contribution in [-0.2, 0) is 9.47 Å². The van der Waals surface area contributed by atoms with Gasteiger partial charge in [0.2, 0.25) is 0 Å². The Morgan fingerprint density at radius 3 is 2.19 bits per heavy atom. The van der Waals surface area contributed by atoms with Gasteiger partial charge in [0.1, 0.15) is 0 Å². The van der Waals surface area contributed by atoms with Crippen LogP contribution in [0, 0.1) is 0 Å². The zero-order valence-corrected chi connectivity index (χ0v) is 10.4. The van der Waals surface area contributed by atoms with Crippen molar-refractivity contribution in [3.05, 3.63) is 12.2 Å². The SMILES string of the molecule is C/C=C/C.C1CN(CC2OCCO2)CCN1. The summed E-state index contributed by atoms with van der Waals surface area (Å²) in [5.41, 5.74) is 0. The second-order valence-corrected chi connectivity index (χ2v) is 3.89. The second-order valence-electron chi connectivity index (χ2n) is 3.89. The second kappa shape index (κ2) is 8.70. The summed E-state index contributed by atoms with van der Waals surface area (Å²) in [7, 11) is 0. The summed E-state index contributed by atoms with van der Waals surface area (Å²) >= 11 is 0. The van der Waals surface area contributed by atoms with E-state index >= 15 is 0 Å². The molecule has 0 aromatic carbocycles. The zero-order valence-electron chi connectivity index (χ0n) is 10.4. The maximum absolute atomic E-state index is 5.37. The first-order chi connectivity index (χ1) is 7.86. The van der Waals surface area contributed by atoms with Gasteiger partial charge in [0.05, 0.1) is 13.2 Å². The lowest BCUT2D eigenvalue weighted by Crippen LogP contribution is -2.46. The van der Waals surface area contributed by atoms with Crippen LogP contribution < -0.4 is 5.32 Å². The van der Waals surface area contributed by atoms with Gasteiger partial charge in [-0.3, -0.25) is 4.90 Å². The topological polar surface area (TPSA) is 33.7 Å². The molecule has 2 heterocycles. The summed E-state index contributed by atoms with van der Waals surface area (Å²) in [5.74, 6) is 0. The van der Waals surface area contributed by atoms with E-state index in [-0.39, 0.29) is 6.29 Å². The fourth-order valence-electron chi connectivity index (χ4n) is 1.62. The molecule has 4 heteroatoms. The van der Waals surface area contributed by atoms with E-state index in [0.717, 1.165) is 45.9 Å². The van der Waals surface area contributed by atoms with Gasteiger partial charge < -0.3 is 14.8 Å². The number of hydrogen-bond donors (Lipinski definition) is 1. The van der Waals surface area contributed by atoms with E-state index in [4.69, 9.17) is 9.47 Å². The van der Waals surface area contributed by atoms with Crippen LogP contribution in [0.2, 0.25) is 0 Å². The van der Waals surface area contributed by atoms with Crippen LogP contribution in [0.3, 0.4) is 0 Å². The molecule has 0 aliphatic carbocycles. The van der Waals surface area contributed by atoms with E-state index in [1.165, 1.54) is 0 Å². The van der Waals surface area contributed by atoms with Crippen molar-refractivity contribution >= 4 is 0 Å². The molecule has 94 valence electrons. The Kier molecular flexibility index (Phi) is 7.42. The Labute approximate surface area is 98.6 Å². The van der Waals surface area contributed by atoms with Gasteiger partial charge >= 0.3 is 0 Å². The number of ether oxygens (including phenoxy) is 2. The lowest BCUT2D eigenvalue weighted by Gasteiger charge is -2.28. The standard InChI is InChI=1S/C8H16N2O2.C4H8/c1-3-10(4-2-9-1)7-8-11-5-6-12-8;1-3-4-2/h8-9H,1-7H2;3-4H,1-2H3/b;4-3+. The zero-order chi connectivity index (χ0) is 11.6. The molecule has 0 saturated carbocycles. The number of nitrogens with one attached hydrogen (secondary N) is 1. The van der Waals surface area contributed by atoms with Crippen molar-refractivity contribution in [3.8, 4) is 0 Å². The van der Waals surface area contributed by atoms with Gasteiger partial charge in [-0.05, 0) is 13.8 Å². The first-order valence-electron chi connectivity index (χ1n) is 6.10. The van der Waals surface area contributed by atoms with Crippen molar-refractivity contribution in [2.24, 2.45) is 0 Å². The van der Waals surface area contributed by atoms with Crippen molar-refractivity contribution in [2.45, 2.75) is 20.1 Å². The molecule has 4 nitrogen and oxygen atoms in total. The van der Waals surface area contributed by atoms with Gasteiger partial charge in [0.15, 0.2) is 6.29 Å². The molecule has 0 amide bonds. The molecule has 2 aliphatic heterocycles. The number of nitrogens with zero attached hydrogens (tertiary/aromatic N) is 1. The Bertz CT molecular complexity index is 181. The van der Waals surface area contributed by atoms with Crippen molar-refractivity contribution in [1.29, 1.82) is 0 Å². The average Bonchev–Trinajstić information content (AvgIpc) is 2.84. The van der Waals surface area contributed by atoms with Crippen molar-refractivity contribution in [1.82, 2.24) is 10.2 Å². The summed E-state index contributed by atoms with van der Waals surface area (Å²) in [6.45, 7) is 10.9. The van der Waals surface area contributed by atoms with Gasteiger partial charge in [-0.15, -0.1) is 0 Å². The minimum atomic E-state index is 0.0306. The number of allylic oxidation sites excluding steroid dienone is 2. The van der Waals surface area contributed by atoms with Crippen molar-refractivity contribution in [3.63, 3.8) is 0 Å². The maximum atomic E-state index is 5.37. The molecule has 2 aliphatic rings. The van der Waals surface area contributed by atoms with Gasteiger partial charge in [0.25, 0.3) is 0 Å². The maximum Gasteiger partial charge on any atom is 0.170 e. The number of rotatable bonds is 2. The number of hydrogen-bond acceptors (Lipinski definition) is 4. The van der Waals surface area contributed by atoms with E-state index in [1.54, 1.807) is 0 Å². The molecule has 0 aromatic heterocycles. The molecule has 0 aromatic rings. The summed E-state index contributed by atoms with van der Waals surface area (Å²) in [6.07, 6.45) is 4.03. The third-order valence-corrected chi connectivity index (χ3v) is 2.64. The predicted octanol–water partition coefficient (Wildman–Crippen LogP) is 0.847. The van der Waals surface area contributed by atoms with Crippen LogP contribution in [0.4, 0.5) is 0 Å². The molecule has 0 bridgehead atoms. The van der Waals surface area contributed by atoms with Crippen LogP contribution in [0.15, 0.2) is 12.2 Å². The fraction of sp³-hybridized carbons (Fsp3) is 0.833. The van der Waals surface area contributed by atoms with Gasteiger partial charge in [-0.1, -0.05) is 12.2 Å². The molecule has 0 spiro atoms. The van der Waals surface area contributed by atoms with Crippen LogP contribution in [0.25, 0.3) is 0 Å².